The molecule has 2 fully saturated rings. The highest BCUT2D eigenvalue weighted by Gasteiger charge is 2.31. The van der Waals surface area contributed by atoms with Crippen LogP contribution in [0.1, 0.15) is 44.2 Å². The third kappa shape index (κ3) is 2.98. The van der Waals surface area contributed by atoms with Crippen molar-refractivity contribution in [3.63, 3.8) is 0 Å². The number of aromatic nitrogens is 3. The number of anilines is 1. The number of fused-ring (bicyclic) bond motifs is 1. The van der Waals surface area contributed by atoms with E-state index in [1.165, 1.54) is 12.7 Å². The molecule has 2 N–H and O–H groups in total. The molecule has 1 saturated heterocycles. The Balaban J connectivity index is 1.40. The van der Waals surface area contributed by atoms with E-state index in [-0.39, 0.29) is 6.10 Å². The lowest BCUT2D eigenvalue weighted by atomic mass is 9.89. The number of rotatable bonds is 3. The van der Waals surface area contributed by atoms with Gasteiger partial charge in [-0.15, -0.1) is 0 Å². The Morgan fingerprint density at radius 1 is 1.17 bits per heavy atom. The van der Waals surface area contributed by atoms with Crippen LogP contribution in [0.25, 0.3) is 11.1 Å². The summed E-state index contributed by atoms with van der Waals surface area (Å²) in [5.41, 5.74) is 1.35. The number of hydrogen-bond acceptors (Lipinski definition) is 7. The molecule has 0 aromatic carbocycles. The second kappa shape index (κ2) is 6.64. The molecule has 1 aliphatic carbocycles. The minimum Gasteiger partial charge on any atom is -0.391 e. The van der Waals surface area contributed by atoms with Crippen LogP contribution >= 0.6 is 0 Å². The van der Waals surface area contributed by atoms with Crippen molar-refractivity contribution in [2.45, 2.75) is 63.6 Å². The van der Waals surface area contributed by atoms with Gasteiger partial charge in [0.25, 0.3) is 5.71 Å². The van der Waals surface area contributed by atoms with Crippen LogP contribution in [-0.2, 0) is 0 Å². The average molecular weight is 331 g/mol. The molecule has 2 atom stereocenters. The smallest absolute Gasteiger partial charge is 0.263 e. The number of nitrogens with zero attached hydrogens (tertiary/aromatic N) is 4. The van der Waals surface area contributed by atoms with E-state index in [0.717, 1.165) is 62.1 Å². The van der Waals surface area contributed by atoms with Gasteiger partial charge in [-0.1, -0.05) is 18.0 Å². The van der Waals surface area contributed by atoms with Crippen LogP contribution in [0.2, 0.25) is 0 Å². The summed E-state index contributed by atoms with van der Waals surface area (Å²) in [6.45, 7) is 3.96. The molecule has 3 heterocycles. The normalized spacial score (nSPS) is 26.8. The Morgan fingerprint density at radius 2 is 1.96 bits per heavy atom. The lowest BCUT2D eigenvalue weighted by Gasteiger charge is -2.41. The number of hydrogen-bond donors (Lipinski definition) is 2. The SMILES string of the molecule is Cc1noc2ncnc(NC3CCN(C4CCCCC4O)CC3)c12. The van der Waals surface area contributed by atoms with Crippen LogP contribution in [0.3, 0.4) is 0 Å². The van der Waals surface area contributed by atoms with Crippen molar-refractivity contribution in [3.8, 4) is 0 Å². The maximum absolute atomic E-state index is 10.3. The fraction of sp³-hybridized carbons (Fsp3) is 0.706. The molecular formula is C17H25N5O2. The molecule has 7 nitrogen and oxygen atoms in total. The molecule has 0 bridgehead atoms. The maximum Gasteiger partial charge on any atom is 0.263 e. The zero-order chi connectivity index (χ0) is 16.5. The van der Waals surface area contributed by atoms with Crippen molar-refractivity contribution >= 4 is 16.9 Å². The van der Waals surface area contributed by atoms with Gasteiger partial charge in [0.15, 0.2) is 0 Å². The Morgan fingerprint density at radius 3 is 2.75 bits per heavy atom. The van der Waals surface area contributed by atoms with Crippen molar-refractivity contribution in [1.29, 1.82) is 0 Å². The molecule has 0 amide bonds. The van der Waals surface area contributed by atoms with E-state index in [9.17, 15) is 5.11 Å². The third-order valence-corrected chi connectivity index (χ3v) is 5.48. The third-order valence-electron chi connectivity index (χ3n) is 5.48. The van der Waals surface area contributed by atoms with Gasteiger partial charge < -0.3 is 14.9 Å². The number of likely N-dealkylation sites (tertiary alicyclic amines) is 1. The van der Waals surface area contributed by atoms with Crippen molar-refractivity contribution in [3.05, 3.63) is 12.0 Å². The quantitative estimate of drug-likeness (QED) is 0.890. The van der Waals surface area contributed by atoms with Gasteiger partial charge in [0.1, 0.15) is 17.5 Å². The monoisotopic (exact) mass is 331 g/mol. The van der Waals surface area contributed by atoms with Gasteiger partial charge in [-0.2, -0.15) is 4.98 Å². The first kappa shape index (κ1) is 15.8. The lowest BCUT2D eigenvalue weighted by Crippen LogP contribution is -2.50. The van der Waals surface area contributed by atoms with Crippen LogP contribution in [0.15, 0.2) is 10.9 Å². The first-order valence-corrected chi connectivity index (χ1v) is 8.98. The van der Waals surface area contributed by atoms with Gasteiger partial charge in [0.2, 0.25) is 0 Å². The van der Waals surface area contributed by atoms with Gasteiger partial charge in [-0.05, 0) is 32.6 Å². The van der Waals surface area contributed by atoms with Crippen LogP contribution in [-0.4, -0.2) is 56.4 Å². The minimum atomic E-state index is -0.149. The number of aliphatic hydroxyl groups excluding tert-OH is 1. The second-order valence-corrected chi connectivity index (χ2v) is 7.04. The zero-order valence-electron chi connectivity index (χ0n) is 14.1. The molecular weight excluding hydrogens is 306 g/mol. The Bertz CT molecular complexity index is 695. The highest BCUT2D eigenvalue weighted by molar-refractivity contribution is 5.87. The first-order chi connectivity index (χ1) is 11.7. The summed E-state index contributed by atoms with van der Waals surface area (Å²) in [7, 11) is 0. The topological polar surface area (TPSA) is 87.3 Å². The van der Waals surface area contributed by atoms with Crippen molar-refractivity contribution in [1.82, 2.24) is 20.0 Å². The highest BCUT2D eigenvalue weighted by Crippen LogP contribution is 2.28. The number of nitrogens with one attached hydrogen (secondary N) is 1. The summed E-state index contributed by atoms with van der Waals surface area (Å²) in [5.74, 6) is 0.815. The molecule has 1 saturated carbocycles. The zero-order valence-corrected chi connectivity index (χ0v) is 14.1. The van der Waals surface area contributed by atoms with Gasteiger partial charge >= 0.3 is 0 Å². The van der Waals surface area contributed by atoms with E-state index in [1.807, 2.05) is 6.92 Å². The number of aliphatic hydroxyl groups is 1. The molecule has 130 valence electrons. The summed E-state index contributed by atoms with van der Waals surface area (Å²) < 4.78 is 5.21. The largest absolute Gasteiger partial charge is 0.391 e. The van der Waals surface area contributed by atoms with Crippen LogP contribution in [0, 0.1) is 6.92 Å². The lowest BCUT2D eigenvalue weighted by molar-refractivity contribution is 0.00993. The molecule has 1 aliphatic heterocycles. The van der Waals surface area contributed by atoms with E-state index in [2.05, 4.69) is 25.3 Å². The molecule has 0 spiro atoms. The van der Waals surface area contributed by atoms with Crippen LogP contribution < -0.4 is 5.32 Å². The molecule has 0 radical (unpaired) electrons. The Kier molecular flexibility index (Phi) is 4.37. The molecule has 2 unspecified atom stereocenters. The molecule has 2 aromatic rings. The molecule has 4 rings (SSSR count). The van der Waals surface area contributed by atoms with E-state index >= 15 is 0 Å². The van der Waals surface area contributed by atoms with E-state index < -0.39 is 0 Å². The Hall–Kier alpha value is -1.73. The Labute approximate surface area is 141 Å². The summed E-state index contributed by atoms with van der Waals surface area (Å²) in [4.78, 5) is 11.0. The minimum absolute atomic E-state index is 0.149. The summed E-state index contributed by atoms with van der Waals surface area (Å²) in [6, 6.07) is 0.736. The number of piperidine rings is 1. The second-order valence-electron chi connectivity index (χ2n) is 7.04. The van der Waals surface area contributed by atoms with Crippen LogP contribution in [0.4, 0.5) is 5.82 Å². The van der Waals surface area contributed by atoms with Gasteiger partial charge in [-0.3, -0.25) is 4.90 Å². The summed E-state index contributed by atoms with van der Waals surface area (Å²) in [5, 5.41) is 18.7. The summed E-state index contributed by atoms with van der Waals surface area (Å²) >= 11 is 0. The van der Waals surface area contributed by atoms with E-state index in [1.54, 1.807) is 0 Å². The maximum atomic E-state index is 10.3. The van der Waals surface area contributed by atoms with Crippen molar-refractivity contribution in [2.24, 2.45) is 0 Å². The molecule has 7 heteroatoms. The van der Waals surface area contributed by atoms with Gasteiger partial charge in [0, 0.05) is 25.2 Å². The van der Waals surface area contributed by atoms with Gasteiger partial charge in [0.05, 0.1) is 11.8 Å². The molecule has 2 aromatic heterocycles. The van der Waals surface area contributed by atoms with Gasteiger partial charge in [-0.25, -0.2) is 4.98 Å². The number of aryl methyl sites for hydroxylation is 1. The molecule has 24 heavy (non-hydrogen) atoms. The standard InChI is InChI=1S/C17H25N5O2/c1-11-15-16(18-10-19-17(15)24-21-11)20-12-6-8-22(9-7-12)13-4-2-3-5-14(13)23/h10,12-14,23H,2-9H2,1H3,(H,18,19,20). The fourth-order valence-electron chi connectivity index (χ4n) is 4.12. The summed E-state index contributed by atoms with van der Waals surface area (Å²) in [6.07, 6.45) is 7.97. The predicted octanol–water partition coefficient (Wildman–Crippen LogP) is 2.11. The van der Waals surface area contributed by atoms with Crippen molar-refractivity contribution in [2.75, 3.05) is 18.4 Å². The highest BCUT2D eigenvalue weighted by atomic mass is 16.5. The first-order valence-electron chi connectivity index (χ1n) is 8.98. The predicted molar refractivity (Wildman–Crippen MR) is 90.8 cm³/mol. The average Bonchev–Trinajstić information content (AvgIpc) is 2.99. The van der Waals surface area contributed by atoms with Crippen LogP contribution in [0.5, 0.6) is 0 Å². The fourth-order valence-corrected chi connectivity index (χ4v) is 4.12. The van der Waals surface area contributed by atoms with E-state index in [0.29, 0.717) is 17.8 Å². The van der Waals surface area contributed by atoms with E-state index in [4.69, 9.17) is 4.52 Å². The van der Waals surface area contributed by atoms with Crippen molar-refractivity contribution < 1.29 is 9.63 Å². The molecule has 2 aliphatic rings.